The second kappa shape index (κ2) is 14.9. The molecule has 0 aromatic carbocycles. The van der Waals surface area contributed by atoms with Gasteiger partial charge in [-0.2, -0.15) is 0 Å². The smallest absolute Gasteiger partial charge is 0.233 e. The van der Waals surface area contributed by atoms with Crippen molar-refractivity contribution < 1.29 is 9.47 Å². The quantitative estimate of drug-likeness (QED) is 0.323. The van der Waals surface area contributed by atoms with Crippen molar-refractivity contribution in [1.29, 1.82) is 0 Å². The number of pyridine rings is 1. The van der Waals surface area contributed by atoms with Crippen molar-refractivity contribution in [3.05, 3.63) is 36.2 Å². The molecule has 0 aliphatic carbocycles. The number of ether oxygens (including phenoxy) is 2. The molecule has 0 fully saturated rings. The first kappa shape index (κ1) is 23.3. The predicted molar refractivity (Wildman–Crippen MR) is 118 cm³/mol. The summed E-state index contributed by atoms with van der Waals surface area (Å²) in [4.78, 5) is 4.58. The van der Waals surface area contributed by atoms with Gasteiger partial charge in [0.1, 0.15) is 0 Å². The molecule has 0 saturated carbocycles. The number of hydrogen-bond acceptors (Lipinski definition) is 5. The maximum absolute atomic E-state index is 5.67. The predicted octanol–water partition coefficient (Wildman–Crippen LogP) is 6.03. The average Bonchev–Trinajstić information content (AvgIpc) is 2.76. The number of hydrogen-bond donors (Lipinski definition) is 0. The monoisotopic (exact) mass is 399 g/mol. The molecule has 5 nitrogen and oxygen atoms in total. The van der Waals surface area contributed by atoms with Crippen LogP contribution in [0.4, 0.5) is 0 Å². The summed E-state index contributed by atoms with van der Waals surface area (Å²) in [7, 11) is 0. The van der Waals surface area contributed by atoms with Crippen LogP contribution in [0.1, 0.15) is 77.3 Å². The standard InChI is InChI=1S/C24H37N3O2/c1-3-5-7-8-9-12-22-14-13-21(20-25-22)23-15-16-24(27-26-23)29-19-11-10-18-28-17-6-4-2/h13-16,20H,3-12,17-19H2,1-2H3. The van der Waals surface area contributed by atoms with E-state index in [-0.39, 0.29) is 0 Å². The van der Waals surface area contributed by atoms with Crippen molar-refractivity contribution >= 4 is 0 Å². The molecular formula is C24H37N3O2. The minimum Gasteiger partial charge on any atom is -0.477 e. The average molecular weight is 400 g/mol. The molecule has 0 radical (unpaired) electrons. The number of rotatable bonds is 16. The molecule has 0 aliphatic heterocycles. The van der Waals surface area contributed by atoms with E-state index in [0.717, 1.165) is 55.8 Å². The molecular weight excluding hydrogens is 362 g/mol. The first-order valence-electron chi connectivity index (χ1n) is 11.3. The van der Waals surface area contributed by atoms with Crippen LogP contribution in [0.5, 0.6) is 5.88 Å². The van der Waals surface area contributed by atoms with Gasteiger partial charge in [-0.15, -0.1) is 10.2 Å². The summed E-state index contributed by atoms with van der Waals surface area (Å²) < 4.78 is 11.2. The largest absolute Gasteiger partial charge is 0.477 e. The number of unbranched alkanes of at least 4 members (excludes halogenated alkanes) is 6. The molecule has 0 aliphatic rings. The summed E-state index contributed by atoms with van der Waals surface area (Å²) in [6.45, 7) is 6.72. The molecule has 5 heteroatoms. The lowest BCUT2D eigenvalue weighted by atomic mass is 10.1. The SMILES string of the molecule is CCCCCCCc1ccc(-c2ccc(OCCCCOCCCC)nn2)cn1. The zero-order valence-corrected chi connectivity index (χ0v) is 18.2. The molecule has 0 spiro atoms. The molecule has 2 aromatic heterocycles. The minimum absolute atomic E-state index is 0.567. The van der Waals surface area contributed by atoms with Gasteiger partial charge in [0, 0.05) is 36.7 Å². The van der Waals surface area contributed by atoms with Gasteiger partial charge in [0.15, 0.2) is 0 Å². The van der Waals surface area contributed by atoms with E-state index in [1.54, 1.807) is 0 Å². The fourth-order valence-electron chi connectivity index (χ4n) is 3.02. The van der Waals surface area contributed by atoms with E-state index < -0.39 is 0 Å². The van der Waals surface area contributed by atoms with E-state index in [0.29, 0.717) is 12.5 Å². The molecule has 2 heterocycles. The van der Waals surface area contributed by atoms with Gasteiger partial charge in [0.05, 0.1) is 12.3 Å². The zero-order chi connectivity index (χ0) is 20.6. The van der Waals surface area contributed by atoms with Crippen LogP contribution in [0.15, 0.2) is 30.5 Å². The maximum atomic E-state index is 5.67. The molecule has 29 heavy (non-hydrogen) atoms. The van der Waals surface area contributed by atoms with Gasteiger partial charge in [-0.3, -0.25) is 4.98 Å². The summed E-state index contributed by atoms with van der Waals surface area (Å²) in [6.07, 6.45) is 13.7. The highest BCUT2D eigenvalue weighted by molar-refractivity contribution is 5.57. The second-order valence-corrected chi connectivity index (χ2v) is 7.48. The minimum atomic E-state index is 0.567. The molecule has 0 amide bonds. The first-order chi connectivity index (χ1) is 14.3. The topological polar surface area (TPSA) is 57.1 Å². The Labute approximate surface area is 176 Å². The second-order valence-electron chi connectivity index (χ2n) is 7.48. The molecule has 160 valence electrons. The van der Waals surface area contributed by atoms with E-state index in [1.165, 1.54) is 38.5 Å². The number of aryl methyl sites for hydroxylation is 1. The van der Waals surface area contributed by atoms with Crippen LogP contribution in [0, 0.1) is 0 Å². The Bertz CT molecular complexity index is 644. The summed E-state index contributed by atoms with van der Waals surface area (Å²) in [6, 6.07) is 8.00. The van der Waals surface area contributed by atoms with E-state index in [2.05, 4.69) is 41.2 Å². The van der Waals surface area contributed by atoms with E-state index >= 15 is 0 Å². The third-order valence-corrected chi connectivity index (χ3v) is 4.87. The van der Waals surface area contributed by atoms with Crippen LogP contribution in [-0.4, -0.2) is 35.0 Å². The van der Waals surface area contributed by atoms with Gasteiger partial charge >= 0.3 is 0 Å². The Kier molecular flexibility index (Phi) is 12.0. The van der Waals surface area contributed by atoms with Gasteiger partial charge < -0.3 is 9.47 Å². The summed E-state index contributed by atoms with van der Waals surface area (Å²) in [5.41, 5.74) is 2.96. The van der Waals surface area contributed by atoms with Gasteiger partial charge in [-0.25, -0.2) is 0 Å². The fourth-order valence-corrected chi connectivity index (χ4v) is 3.02. The summed E-state index contributed by atoms with van der Waals surface area (Å²) in [5.74, 6) is 0.567. The Balaban J connectivity index is 1.67. The first-order valence-corrected chi connectivity index (χ1v) is 11.3. The maximum Gasteiger partial charge on any atom is 0.233 e. The third kappa shape index (κ3) is 9.84. The van der Waals surface area contributed by atoms with Crippen LogP contribution >= 0.6 is 0 Å². The summed E-state index contributed by atoms with van der Waals surface area (Å²) >= 11 is 0. The van der Waals surface area contributed by atoms with Crippen LogP contribution in [0.25, 0.3) is 11.3 Å². The lowest BCUT2D eigenvalue weighted by molar-refractivity contribution is 0.123. The lowest BCUT2D eigenvalue weighted by Gasteiger charge is -2.06. The van der Waals surface area contributed by atoms with E-state index in [1.807, 2.05) is 18.3 Å². The van der Waals surface area contributed by atoms with Crippen LogP contribution in [0.3, 0.4) is 0 Å². The molecule has 0 bridgehead atoms. The molecule has 0 saturated heterocycles. The van der Waals surface area contributed by atoms with Crippen molar-refractivity contribution in [2.45, 2.75) is 78.1 Å². The number of nitrogens with zero attached hydrogens (tertiary/aromatic N) is 3. The third-order valence-electron chi connectivity index (χ3n) is 4.87. The highest BCUT2D eigenvalue weighted by Crippen LogP contribution is 2.18. The van der Waals surface area contributed by atoms with Crippen molar-refractivity contribution in [3.8, 4) is 17.1 Å². The van der Waals surface area contributed by atoms with Crippen molar-refractivity contribution in [2.75, 3.05) is 19.8 Å². The Morgan fingerprint density at radius 3 is 2.24 bits per heavy atom. The van der Waals surface area contributed by atoms with Crippen molar-refractivity contribution in [3.63, 3.8) is 0 Å². The fraction of sp³-hybridized carbons (Fsp3) is 0.625. The normalized spacial score (nSPS) is 11.0. The molecule has 2 aromatic rings. The number of aromatic nitrogens is 3. The van der Waals surface area contributed by atoms with Crippen LogP contribution < -0.4 is 4.74 Å². The van der Waals surface area contributed by atoms with E-state index in [4.69, 9.17) is 9.47 Å². The van der Waals surface area contributed by atoms with E-state index in [9.17, 15) is 0 Å². The van der Waals surface area contributed by atoms with Crippen molar-refractivity contribution in [2.24, 2.45) is 0 Å². The van der Waals surface area contributed by atoms with Crippen LogP contribution in [-0.2, 0) is 11.2 Å². The van der Waals surface area contributed by atoms with Gasteiger partial charge in [0.2, 0.25) is 5.88 Å². The molecule has 0 atom stereocenters. The highest BCUT2D eigenvalue weighted by atomic mass is 16.5. The van der Waals surface area contributed by atoms with Gasteiger partial charge in [-0.05, 0) is 50.3 Å². The highest BCUT2D eigenvalue weighted by Gasteiger charge is 2.04. The summed E-state index contributed by atoms with van der Waals surface area (Å²) in [5, 5.41) is 8.47. The molecule has 0 unspecified atom stereocenters. The molecule has 0 N–H and O–H groups in total. The van der Waals surface area contributed by atoms with Gasteiger partial charge in [0.25, 0.3) is 0 Å². The Morgan fingerprint density at radius 1 is 0.724 bits per heavy atom. The lowest BCUT2D eigenvalue weighted by Crippen LogP contribution is -2.03. The Morgan fingerprint density at radius 2 is 1.52 bits per heavy atom. The zero-order valence-electron chi connectivity index (χ0n) is 18.2. The molecule has 2 rings (SSSR count). The Hall–Kier alpha value is -2.01. The van der Waals surface area contributed by atoms with Crippen molar-refractivity contribution in [1.82, 2.24) is 15.2 Å². The van der Waals surface area contributed by atoms with Crippen LogP contribution in [0.2, 0.25) is 0 Å². The van der Waals surface area contributed by atoms with Gasteiger partial charge in [-0.1, -0.05) is 46.0 Å².